The van der Waals surface area contributed by atoms with Crippen LogP contribution in [0.15, 0.2) is 42.5 Å². The molecule has 0 saturated heterocycles. The van der Waals surface area contributed by atoms with E-state index in [0.29, 0.717) is 23.8 Å². The first-order chi connectivity index (χ1) is 16.2. The number of anilines is 2. The highest BCUT2D eigenvalue weighted by Crippen LogP contribution is 2.42. The molecular formula is C24H29FN4O3S. The van der Waals surface area contributed by atoms with E-state index in [2.05, 4.69) is 26.9 Å². The molecule has 0 saturated carbocycles. The van der Waals surface area contributed by atoms with Crippen LogP contribution >= 0.6 is 11.8 Å². The van der Waals surface area contributed by atoms with E-state index in [0.717, 1.165) is 59.1 Å². The number of aromatic nitrogens is 2. The van der Waals surface area contributed by atoms with E-state index in [1.54, 1.807) is 24.9 Å². The van der Waals surface area contributed by atoms with Gasteiger partial charge in [-0.25, -0.2) is 4.39 Å². The average Bonchev–Trinajstić information content (AvgIpc) is 3.36. The molecule has 0 aromatic heterocycles. The van der Waals surface area contributed by atoms with Gasteiger partial charge in [0.1, 0.15) is 11.6 Å². The fraction of sp³-hybridized carbons (Fsp3) is 0.333. The van der Waals surface area contributed by atoms with Crippen molar-refractivity contribution in [3.63, 3.8) is 0 Å². The predicted octanol–water partition coefficient (Wildman–Crippen LogP) is 4.84. The molecule has 33 heavy (non-hydrogen) atoms. The molecule has 0 atom stereocenters. The zero-order valence-electron chi connectivity index (χ0n) is 18.8. The van der Waals surface area contributed by atoms with Crippen molar-refractivity contribution in [2.24, 2.45) is 0 Å². The first-order valence-electron chi connectivity index (χ1n) is 10.9. The van der Waals surface area contributed by atoms with Crippen molar-refractivity contribution in [2.75, 3.05) is 57.3 Å². The van der Waals surface area contributed by atoms with Crippen molar-refractivity contribution in [1.29, 1.82) is 0 Å². The third kappa shape index (κ3) is 5.73. The van der Waals surface area contributed by atoms with Crippen LogP contribution in [0.5, 0.6) is 11.5 Å². The summed E-state index contributed by atoms with van der Waals surface area (Å²) in [6.07, 6.45) is 0. The molecule has 7 nitrogen and oxygen atoms in total. The topological polar surface area (TPSA) is 83.3 Å². The maximum atomic E-state index is 13.5. The van der Waals surface area contributed by atoms with Crippen LogP contribution in [0.4, 0.5) is 15.9 Å². The lowest BCUT2D eigenvalue weighted by Crippen LogP contribution is -2.15. The van der Waals surface area contributed by atoms with Crippen molar-refractivity contribution in [2.45, 2.75) is 0 Å². The molecule has 2 aromatic carbocycles. The number of methoxy groups -OCH3 is 1. The number of thioether (sulfide) groups is 1. The summed E-state index contributed by atoms with van der Waals surface area (Å²) in [5, 5.41) is 14.7. The van der Waals surface area contributed by atoms with E-state index >= 15 is 0 Å². The van der Waals surface area contributed by atoms with Crippen LogP contribution in [0.25, 0.3) is 22.0 Å². The number of hydrogen-bond donors (Lipinski definition) is 4. The van der Waals surface area contributed by atoms with E-state index in [1.165, 1.54) is 12.1 Å². The van der Waals surface area contributed by atoms with Crippen molar-refractivity contribution in [3.8, 4) is 22.8 Å². The highest BCUT2D eigenvalue weighted by atomic mass is 32.2. The van der Waals surface area contributed by atoms with Gasteiger partial charge < -0.3 is 24.8 Å². The van der Waals surface area contributed by atoms with Gasteiger partial charge in [-0.05, 0) is 48.8 Å². The van der Waals surface area contributed by atoms with Gasteiger partial charge in [-0.3, -0.25) is 10.2 Å². The number of benzene rings is 2. The lowest BCUT2D eigenvalue weighted by Gasteiger charge is -2.11. The van der Waals surface area contributed by atoms with Gasteiger partial charge in [0, 0.05) is 34.7 Å². The normalized spacial score (nSPS) is 11.4. The van der Waals surface area contributed by atoms with Crippen molar-refractivity contribution in [1.82, 2.24) is 15.5 Å². The van der Waals surface area contributed by atoms with Crippen molar-refractivity contribution in [3.05, 3.63) is 48.3 Å². The lowest BCUT2D eigenvalue weighted by molar-refractivity contribution is 0.153. The van der Waals surface area contributed by atoms with Crippen molar-refractivity contribution >= 4 is 34.0 Å². The first-order valence-corrected chi connectivity index (χ1v) is 12.0. The Morgan fingerprint density at radius 3 is 2.70 bits per heavy atom. The largest absolute Gasteiger partial charge is 0.493 e. The SMILES string of the molecule is CNCCOCCSCCOc1cc2c3[nH][nH]c(Nc4cccc(F)c4)c-3cc2cc1OC. The zero-order valence-corrected chi connectivity index (χ0v) is 19.6. The number of likely N-dealkylation sites (N-methyl/N-ethyl adjacent to an activating group) is 1. The van der Waals surface area contributed by atoms with Crippen LogP contribution in [0.2, 0.25) is 0 Å². The summed E-state index contributed by atoms with van der Waals surface area (Å²) in [7, 11) is 3.56. The number of nitrogens with one attached hydrogen (secondary N) is 4. The molecule has 0 fully saturated rings. The first kappa shape index (κ1) is 23.3. The standard InChI is InChI=1S/C24H29FN4O3S/c1-26-6-7-31-8-10-33-11-9-32-22-15-19-16(13-21(22)30-2)12-20-23(19)28-29-24(20)27-18-5-3-4-17(25)14-18/h3-5,12-15,26-29H,6-11H2,1-2H3. The number of hydrogen-bond acceptors (Lipinski definition) is 6. The summed E-state index contributed by atoms with van der Waals surface area (Å²) in [4.78, 5) is 0. The highest BCUT2D eigenvalue weighted by molar-refractivity contribution is 7.99. The molecule has 2 aromatic rings. The summed E-state index contributed by atoms with van der Waals surface area (Å²) in [6, 6.07) is 12.4. The smallest absolute Gasteiger partial charge is 0.161 e. The number of aromatic amines is 2. The lowest BCUT2D eigenvalue weighted by atomic mass is 10.2. The molecule has 2 aliphatic rings. The predicted molar refractivity (Wildman–Crippen MR) is 133 cm³/mol. The fourth-order valence-corrected chi connectivity index (χ4v) is 4.24. The minimum Gasteiger partial charge on any atom is -0.493 e. The number of fused-ring (bicyclic) bond motifs is 3. The van der Waals surface area contributed by atoms with Crippen LogP contribution in [-0.2, 0) is 4.74 Å². The quantitative estimate of drug-likeness (QED) is 0.209. The Bertz CT molecular complexity index is 1150. The van der Waals surface area contributed by atoms with E-state index < -0.39 is 0 Å². The molecule has 0 bridgehead atoms. The molecule has 1 heterocycles. The van der Waals surface area contributed by atoms with Gasteiger partial charge >= 0.3 is 0 Å². The van der Waals surface area contributed by atoms with E-state index in [1.807, 2.05) is 25.2 Å². The molecule has 1 aliphatic carbocycles. The Kier molecular flexibility index (Phi) is 7.98. The second-order valence-electron chi connectivity index (χ2n) is 7.46. The van der Waals surface area contributed by atoms with Gasteiger partial charge in [-0.1, -0.05) is 6.07 Å². The van der Waals surface area contributed by atoms with Crippen LogP contribution in [0.3, 0.4) is 0 Å². The molecule has 1 aliphatic heterocycles. The number of rotatable bonds is 13. The minimum atomic E-state index is -0.287. The molecular weight excluding hydrogens is 443 g/mol. The molecule has 0 spiro atoms. The molecule has 4 rings (SSSR count). The summed E-state index contributed by atoms with van der Waals surface area (Å²) in [5.74, 6) is 3.68. The maximum Gasteiger partial charge on any atom is 0.161 e. The second kappa shape index (κ2) is 11.3. The molecule has 4 N–H and O–H groups in total. The molecule has 0 radical (unpaired) electrons. The number of ether oxygens (including phenoxy) is 3. The van der Waals surface area contributed by atoms with Gasteiger partial charge in [0.15, 0.2) is 11.5 Å². The average molecular weight is 473 g/mol. The Morgan fingerprint density at radius 1 is 1.00 bits per heavy atom. The van der Waals surface area contributed by atoms with Gasteiger partial charge in [0.25, 0.3) is 0 Å². The van der Waals surface area contributed by atoms with Gasteiger partial charge in [-0.2, -0.15) is 11.8 Å². The highest BCUT2D eigenvalue weighted by Gasteiger charge is 2.19. The molecule has 0 amide bonds. The summed E-state index contributed by atoms with van der Waals surface area (Å²) in [5.41, 5.74) is 2.59. The number of halogens is 1. The zero-order chi connectivity index (χ0) is 23.0. The fourth-order valence-electron chi connectivity index (χ4n) is 3.60. The van der Waals surface area contributed by atoms with Crippen LogP contribution in [0, 0.1) is 5.82 Å². The van der Waals surface area contributed by atoms with E-state index in [-0.39, 0.29) is 5.82 Å². The molecule has 9 heteroatoms. The Hall–Kier alpha value is -2.88. The molecule has 176 valence electrons. The van der Waals surface area contributed by atoms with Gasteiger partial charge in [-0.15, -0.1) is 0 Å². The Balaban J connectivity index is 1.40. The van der Waals surface area contributed by atoms with Gasteiger partial charge in [0.05, 0.1) is 32.6 Å². The van der Waals surface area contributed by atoms with E-state index in [4.69, 9.17) is 14.2 Å². The van der Waals surface area contributed by atoms with Crippen LogP contribution in [-0.4, -0.2) is 62.2 Å². The Labute approximate surface area is 196 Å². The monoisotopic (exact) mass is 472 g/mol. The van der Waals surface area contributed by atoms with Crippen LogP contribution < -0.4 is 20.1 Å². The minimum absolute atomic E-state index is 0.287. The Morgan fingerprint density at radius 2 is 1.88 bits per heavy atom. The van der Waals surface area contributed by atoms with Crippen LogP contribution in [0.1, 0.15) is 0 Å². The number of H-pyrrole nitrogens is 2. The second-order valence-corrected chi connectivity index (χ2v) is 8.69. The van der Waals surface area contributed by atoms with Crippen molar-refractivity contribution < 1.29 is 18.6 Å². The summed E-state index contributed by atoms with van der Waals surface area (Å²) in [6.45, 7) is 2.92. The molecule has 0 unspecified atom stereocenters. The summed E-state index contributed by atoms with van der Waals surface area (Å²) < 4.78 is 30.7. The van der Waals surface area contributed by atoms with E-state index in [9.17, 15) is 4.39 Å². The van der Waals surface area contributed by atoms with Gasteiger partial charge in [0.2, 0.25) is 0 Å². The maximum absolute atomic E-state index is 13.5. The summed E-state index contributed by atoms with van der Waals surface area (Å²) >= 11 is 1.80. The third-order valence-electron chi connectivity index (χ3n) is 5.20. The third-order valence-corrected chi connectivity index (χ3v) is 6.11.